The molecule has 3 heterocycles. The molecule has 1 aromatic rings. The van der Waals surface area contributed by atoms with Gasteiger partial charge < -0.3 is 20.3 Å². The van der Waals surface area contributed by atoms with Gasteiger partial charge in [0, 0.05) is 22.8 Å². The Morgan fingerprint density at radius 1 is 1.00 bits per heavy atom. The van der Waals surface area contributed by atoms with Gasteiger partial charge in [-0.3, -0.25) is 14.4 Å². The predicted molar refractivity (Wildman–Crippen MR) is 141 cm³/mol. The van der Waals surface area contributed by atoms with E-state index in [0.717, 1.165) is 51.4 Å². The molecule has 8 heteroatoms. The lowest BCUT2D eigenvalue weighted by Crippen LogP contribution is -2.59. The van der Waals surface area contributed by atoms with Crippen molar-refractivity contribution in [2.45, 2.75) is 94.5 Å². The Labute approximate surface area is 223 Å². The van der Waals surface area contributed by atoms with Crippen LogP contribution in [0.25, 0.3) is 0 Å². The average molecular weight is 526 g/mol. The molecular formula is C29H36ClN3O4. The maximum atomic E-state index is 14.3. The van der Waals surface area contributed by atoms with Gasteiger partial charge in [0.1, 0.15) is 11.6 Å². The van der Waals surface area contributed by atoms with Crippen LogP contribution in [0, 0.1) is 17.8 Å². The molecular weight excluding hydrogens is 490 g/mol. The van der Waals surface area contributed by atoms with E-state index >= 15 is 0 Å². The zero-order chi connectivity index (χ0) is 25.7. The molecule has 1 aromatic carbocycles. The molecule has 3 amide bonds. The van der Waals surface area contributed by atoms with Gasteiger partial charge in [0.15, 0.2) is 0 Å². The molecule has 2 saturated carbocycles. The number of carbonyl (C=O) groups is 3. The lowest BCUT2D eigenvalue weighted by atomic mass is 9.74. The van der Waals surface area contributed by atoms with Gasteiger partial charge in [0.25, 0.3) is 0 Å². The number of halogens is 1. The standard InChI is InChI=1S/C29H36ClN3O4/c1-17-7-5-6-10-21(17)33-25(27(35)32-19-8-3-2-4-9-19)29-16-15-22(37-29)23(24(29)28(33)36)26(34)31-20-13-11-18(30)12-14-20/h11-17,19,21-25H,2-10H2,1H3,(H,31,34)(H,32,35)/t17-,21+,22-,23-,24-,25-,29+/m1/s1. The largest absolute Gasteiger partial charge is 0.359 e. The number of amides is 3. The number of ether oxygens (including phenoxy) is 1. The summed E-state index contributed by atoms with van der Waals surface area (Å²) < 4.78 is 6.51. The predicted octanol–water partition coefficient (Wildman–Crippen LogP) is 4.46. The SMILES string of the molecule is C[C@@H]1CCCC[C@@H]1N1C(=O)[C@H]2[C@H](C(=O)Nc3ccc(Cl)cc3)[C@H]3C=C[C@@]2(O3)[C@H]1C(=O)NC1CCCCC1. The molecule has 7 atom stereocenters. The molecule has 2 N–H and O–H groups in total. The number of nitrogens with zero attached hydrogens (tertiary/aromatic N) is 1. The second kappa shape index (κ2) is 9.73. The molecule has 37 heavy (non-hydrogen) atoms. The second-order valence-electron chi connectivity index (χ2n) is 11.6. The van der Waals surface area contributed by atoms with Gasteiger partial charge in [-0.05, 0) is 55.9 Å². The number of carbonyl (C=O) groups excluding carboxylic acids is 3. The van der Waals surface area contributed by atoms with Crippen LogP contribution in [0.5, 0.6) is 0 Å². The van der Waals surface area contributed by atoms with Gasteiger partial charge in [-0.1, -0.05) is 62.8 Å². The highest BCUT2D eigenvalue weighted by Crippen LogP contribution is 2.56. The molecule has 7 nitrogen and oxygen atoms in total. The number of fused-ring (bicyclic) bond motifs is 1. The van der Waals surface area contributed by atoms with E-state index in [1.807, 2.05) is 17.1 Å². The summed E-state index contributed by atoms with van der Waals surface area (Å²) in [6.45, 7) is 2.18. The monoisotopic (exact) mass is 525 g/mol. The number of likely N-dealkylation sites (tertiary alicyclic amines) is 1. The molecule has 2 aliphatic carbocycles. The van der Waals surface area contributed by atoms with Gasteiger partial charge in [-0.25, -0.2) is 0 Å². The van der Waals surface area contributed by atoms with Crippen molar-refractivity contribution in [3.05, 3.63) is 41.4 Å². The van der Waals surface area contributed by atoms with Crippen molar-refractivity contribution in [3.8, 4) is 0 Å². The summed E-state index contributed by atoms with van der Waals surface area (Å²) in [6, 6.07) is 6.26. The van der Waals surface area contributed by atoms with Crippen LogP contribution >= 0.6 is 11.6 Å². The van der Waals surface area contributed by atoms with E-state index in [9.17, 15) is 14.4 Å². The van der Waals surface area contributed by atoms with Crippen LogP contribution in [0.1, 0.15) is 64.7 Å². The number of benzene rings is 1. The smallest absolute Gasteiger partial charge is 0.246 e. The second-order valence-corrected chi connectivity index (χ2v) is 12.1. The topological polar surface area (TPSA) is 87.7 Å². The summed E-state index contributed by atoms with van der Waals surface area (Å²) in [6.07, 6.45) is 12.7. The fourth-order valence-corrected chi connectivity index (χ4v) is 7.69. The summed E-state index contributed by atoms with van der Waals surface area (Å²) in [5.41, 5.74) is -0.496. The van der Waals surface area contributed by atoms with E-state index in [2.05, 4.69) is 17.6 Å². The molecule has 198 valence electrons. The van der Waals surface area contributed by atoms with E-state index in [0.29, 0.717) is 16.6 Å². The summed E-state index contributed by atoms with van der Waals surface area (Å²) in [5.74, 6) is -1.63. The first-order chi connectivity index (χ1) is 17.9. The number of anilines is 1. The van der Waals surface area contributed by atoms with Crippen LogP contribution in [0.4, 0.5) is 5.69 Å². The maximum Gasteiger partial charge on any atom is 0.246 e. The summed E-state index contributed by atoms with van der Waals surface area (Å²) in [7, 11) is 0. The van der Waals surface area contributed by atoms with E-state index in [4.69, 9.17) is 16.3 Å². The fraction of sp³-hybridized carbons (Fsp3) is 0.621. The Hall–Kier alpha value is -2.38. The zero-order valence-corrected chi connectivity index (χ0v) is 22.1. The van der Waals surface area contributed by atoms with Gasteiger partial charge in [0.2, 0.25) is 17.7 Å². The van der Waals surface area contributed by atoms with Gasteiger partial charge >= 0.3 is 0 Å². The molecule has 2 saturated heterocycles. The number of nitrogens with one attached hydrogen (secondary N) is 2. The van der Waals surface area contributed by atoms with E-state index in [1.54, 1.807) is 24.3 Å². The Bertz CT molecular complexity index is 1100. The van der Waals surface area contributed by atoms with Crippen molar-refractivity contribution in [1.82, 2.24) is 10.2 Å². The molecule has 1 spiro atoms. The minimum Gasteiger partial charge on any atom is -0.359 e. The van der Waals surface area contributed by atoms with Crippen molar-refractivity contribution in [2.75, 3.05) is 5.32 Å². The van der Waals surface area contributed by atoms with Gasteiger partial charge in [0.05, 0.1) is 17.9 Å². The van der Waals surface area contributed by atoms with Crippen LogP contribution < -0.4 is 10.6 Å². The molecule has 0 radical (unpaired) electrons. The first kappa shape index (κ1) is 24.9. The lowest BCUT2D eigenvalue weighted by molar-refractivity contribution is -0.146. The fourth-order valence-electron chi connectivity index (χ4n) is 7.56. The van der Waals surface area contributed by atoms with Crippen LogP contribution in [0.15, 0.2) is 36.4 Å². The molecule has 6 rings (SSSR count). The van der Waals surface area contributed by atoms with Crippen molar-refractivity contribution in [2.24, 2.45) is 17.8 Å². The van der Waals surface area contributed by atoms with Crippen LogP contribution in [-0.4, -0.2) is 52.5 Å². The van der Waals surface area contributed by atoms with Crippen molar-refractivity contribution in [3.63, 3.8) is 0 Å². The number of rotatable bonds is 5. The third-order valence-electron chi connectivity index (χ3n) is 9.35. The molecule has 0 aromatic heterocycles. The van der Waals surface area contributed by atoms with Crippen LogP contribution in [0.3, 0.4) is 0 Å². The summed E-state index contributed by atoms with van der Waals surface area (Å²) in [4.78, 5) is 43.7. The van der Waals surface area contributed by atoms with Gasteiger partial charge in [-0.2, -0.15) is 0 Å². The molecule has 4 fully saturated rings. The normalized spacial score (nSPS) is 37.0. The molecule has 2 bridgehead atoms. The first-order valence-corrected chi connectivity index (χ1v) is 14.3. The number of hydrogen-bond acceptors (Lipinski definition) is 4. The molecule has 3 aliphatic heterocycles. The quantitative estimate of drug-likeness (QED) is 0.556. The summed E-state index contributed by atoms with van der Waals surface area (Å²) in [5, 5.41) is 6.82. The maximum absolute atomic E-state index is 14.3. The van der Waals surface area contributed by atoms with E-state index in [1.165, 1.54) is 6.42 Å². The third-order valence-corrected chi connectivity index (χ3v) is 9.60. The number of hydrogen-bond donors (Lipinski definition) is 2. The van der Waals surface area contributed by atoms with Crippen molar-refractivity contribution >= 4 is 35.0 Å². The van der Waals surface area contributed by atoms with E-state index in [-0.39, 0.29) is 29.8 Å². The first-order valence-electron chi connectivity index (χ1n) is 14.0. The summed E-state index contributed by atoms with van der Waals surface area (Å²) >= 11 is 6.01. The Balaban J connectivity index is 1.33. The third kappa shape index (κ3) is 4.19. The minimum atomic E-state index is -1.11. The van der Waals surface area contributed by atoms with Gasteiger partial charge in [-0.15, -0.1) is 0 Å². The highest BCUT2D eigenvalue weighted by atomic mass is 35.5. The molecule has 5 aliphatic rings. The molecule has 0 unspecified atom stereocenters. The van der Waals surface area contributed by atoms with Crippen molar-refractivity contribution in [1.29, 1.82) is 0 Å². The minimum absolute atomic E-state index is 0.0284. The lowest BCUT2D eigenvalue weighted by Gasteiger charge is -2.42. The Kier molecular flexibility index (Phi) is 6.56. The van der Waals surface area contributed by atoms with Crippen molar-refractivity contribution < 1.29 is 19.1 Å². The van der Waals surface area contributed by atoms with E-state index < -0.39 is 29.6 Å². The zero-order valence-electron chi connectivity index (χ0n) is 21.3. The highest BCUT2D eigenvalue weighted by Gasteiger charge is 2.73. The Morgan fingerprint density at radius 2 is 1.70 bits per heavy atom. The average Bonchev–Trinajstić information content (AvgIpc) is 3.54. The van der Waals surface area contributed by atoms with Crippen LogP contribution in [0.2, 0.25) is 5.02 Å². The van der Waals surface area contributed by atoms with Crippen LogP contribution in [-0.2, 0) is 19.1 Å². The Morgan fingerprint density at radius 3 is 2.43 bits per heavy atom. The highest BCUT2D eigenvalue weighted by molar-refractivity contribution is 6.30.